The smallest absolute Gasteiger partial charge is 0.335 e. The minimum atomic E-state index is -1.87. The molecule has 1 fully saturated rings. The molecule has 1 saturated heterocycles. The Morgan fingerprint density at radius 3 is 2.34 bits per heavy atom. The van der Waals surface area contributed by atoms with Crippen molar-refractivity contribution in [2.45, 2.75) is 30.7 Å². The normalized spacial score (nSPS) is 25.5. The van der Waals surface area contributed by atoms with Gasteiger partial charge in [0.25, 0.3) is 0 Å². The first-order chi connectivity index (χ1) is 15.2. The van der Waals surface area contributed by atoms with E-state index in [1.165, 1.54) is 36.4 Å². The molecule has 1 aliphatic rings. The number of aliphatic carboxylic acids is 1. The number of phenolic OH excluding ortho intramolecular Hbond substituents is 1. The lowest BCUT2D eigenvalue weighted by Gasteiger charge is -2.37. The zero-order valence-corrected chi connectivity index (χ0v) is 16.2. The summed E-state index contributed by atoms with van der Waals surface area (Å²) in [5, 5.41) is 48.2. The quantitative estimate of drug-likeness (QED) is 0.270. The van der Waals surface area contributed by atoms with Crippen LogP contribution in [0.1, 0.15) is 0 Å². The van der Waals surface area contributed by atoms with Crippen molar-refractivity contribution in [2.75, 3.05) is 0 Å². The number of aliphatic hydroxyl groups is 3. The van der Waals surface area contributed by atoms with Gasteiger partial charge in [-0.1, -0.05) is 0 Å². The Morgan fingerprint density at radius 1 is 0.938 bits per heavy atom. The van der Waals surface area contributed by atoms with Crippen LogP contribution >= 0.6 is 0 Å². The van der Waals surface area contributed by atoms with Crippen LogP contribution in [0.5, 0.6) is 11.5 Å². The second kappa shape index (κ2) is 8.57. The third-order valence-corrected chi connectivity index (χ3v) is 4.90. The molecular weight excluding hydrogens is 428 g/mol. The number of carboxylic acid groups (broad SMARTS) is 1. The van der Waals surface area contributed by atoms with Gasteiger partial charge < -0.3 is 39.6 Å². The van der Waals surface area contributed by atoms with Gasteiger partial charge in [0.15, 0.2) is 17.3 Å². The molecule has 0 aliphatic carbocycles. The van der Waals surface area contributed by atoms with Gasteiger partial charge >= 0.3 is 5.97 Å². The molecule has 0 radical (unpaired) electrons. The van der Waals surface area contributed by atoms with Gasteiger partial charge in [0.1, 0.15) is 35.4 Å². The lowest BCUT2D eigenvalue weighted by atomic mass is 9.99. The minimum absolute atomic E-state index is 0.0202. The van der Waals surface area contributed by atoms with Crippen LogP contribution in [0.4, 0.5) is 0 Å². The number of rotatable bonds is 5. The molecule has 1 aromatic heterocycles. The molecule has 2 aromatic carbocycles. The Labute approximate surface area is 179 Å². The summed E-state index contributed by atoms with van der Waals surface area (Å²) in [6.45, 7) is 0. The van der Waals surface area contributed by atoms with E-state index in [9.17, 15) is 30.0 Å². The molecule has 5 atom stereocenters. The number of benzene rings is 2. The standard InChI is InChI=1S/C21H18O11/c22-10-3-1-9(2-4-10)14-8-13(23)12-6-5-11(7-15(12)29-14)31-32-21-18(26)16(24)17(25)19(30-21)20(27)28/h1-8,16-19,21-22,24-26H,(H,27,28)/t16-,17-,18+,19-,21?/m0/s1. The summed E-state index contributed by atoms with van der Waals surface area (Å²) in [6, 6.07) is 11.4. The molecule has 11 nitrogen and oxygen atoms in total. The molecule has 5 N–H and O–H groups in total. The first-order valence-corrected chi connectivity index (χ1v) is 9.37. The third-order valence-electron chi connectivity index (χ3n) is 4.90. The van der Waals surface area contributed by atoms with E-state index in [1.54, 1.807) is 12.1 Å². The van der Waals surface area contributed by atoms with Crippen LogP contribution in [-0.2, 0) is 14.4 Å². The molecule has 2 heterocycles. The van der Waals surface area contributed by atoms with E-state index in [2.05, 4.69) is 0 Å². The van der Waals surface area contributed by atoms with E-state index in [0.29, 0.717) is 5.56 Å². The number of hydrogen-bond donors (Lipinski definition) is 5. The van der Waals surface area contributed by atoms with Gasteiger partial charge in [0, 0.05) is 17.7 Å². The number of aliphatic hydroxyl groups excluding tert-OH is 3. The van der Waals surface area contributed by atoms with Crippen molar-refractivity contribution in [3.8, 4) is 22.8 Å². The Hall–Kier alpha value is -3.48. The van der Waals surface area contributed by atoms with Crippen molar-refractivity contribution in [3.05, 3.63) is 58.8 Å². The lowest BCUT2D eigenvalue weighted by Crippen LogP contribution is -2.60. The SMILES string of the molecule is O=C(O)[C@H]1OC(OOc2ccc3c(=O)cc(-c4ccc(O)cc4)oc3c2)[C@H](O)[C@@H](O)[C@@H]1O. The molecule has 0 saturated carbocycles. The summed E-state index contributed by atoms with van der Waals surface area (Å²) in [5.74, 6) is -1.24. The van der Waals surface area contributed by atoms with E-state index in [-0.39, 0.29) is 33.7 Å². The van der Waals surface area contributed by atoms with E-state index in [1.807, 2.05) is 0 Å². The highest BCUT2D eigenvalue weighted by Gasteiger charge is 2.48. The second-order valence-corrected chi connectivity index (χ2v) is 7.09. The van der Waals surface area contributed by atoms with Crippen LogP contribution in [0.25, 0.3) is 22.3 Å². The van der Waals surface area contributed by atoms with Gasteiger partial charge in [-0.05, 0) is 36.4 Å². The predicted octanol–water partition coefficient (Wildman–Crippen LogP) is 0.368. The number of phenols is 1. The van der Waals surface area contributed by atoms with Crippen molar-refractivity contribution in [1.82, 2.24) is 0 Å². The summed E-state index contributed by atoms with van der Waals surface area (Å²) in [4.78, 5) is 33.6. The summed E-state index contributed by atoms with van der Waals surface area (Å²) >= 11 is 0. The fraction of sp³-hybridized carbons (Fsp3) is 0.238. The maximum Gasteiger partial charge on any atom is 0.335 e. The van der Waals surface area contributed by atoms with Crippen molar-refractivity contribution in [3.63, 3.8) is 0 Å². The molecule has 0 spiro atoms. The topological polar surface area (TPSA) is 176 Å². The Balaban J connectivity index is 1.56. The van der Waals surface area contributed by atoms with Gasteiger partial charge in [-0.2, -0.15) is 4.89 Å². The molecule has 0 amide bonds. The Morgan fingerprint density at radius 2 is 1.66 bits per heavy atom. The number of carbonyl (C=O) groups is 1. The van der Waals surface area contributed by atoms with E-state index < -0.39 is 36.7 Å². The predicted molar refractivity (Wildman–Crippen MR) is 106 cm³/mol. The molecule has 1 unspecified atom stereocenters. The average Bonchev–Trinajstić information content (AvgIpc) is 2.77. The molecule has 3 aromatic rings. The van der Waals surface area contributed by atoms with E-state index in [4.69, 9.17) is 24.0 Å². The van der Waals surface area contributed by atoms with Crippen LogP contribution in [0.15, 0.2) is 57.7 Å². The highest BCUT2D eigenvalue weighted by molar-refractivity contribution is 5.80. The fourth-order valence-corrected chi connectivity index (χ4v) is 3.19. The number of hydrogen-bond acceptors (Lipinski definition) is 10. The average molecular weight is 446 g/mol. The number of fused-ring (bicyclic) bond motifs is 1. The summed E-state index contributed by atoms with van der Waals surface area (Å²) in [6.07, 6.45) is -9.07. The molecule has 168 valence electrons. The summed E-state index contributed by atoms with van der Waals surface area (Å²) < 4.78 is 10.7. The second-order valence-electron chi connectivity index (χ2n) is 7.09. The molecule has 11 heteroatoms. The molecule has 32 heavy (non-hydrogen) atoms. The third kappa shape index (κ3) is 4.15. The van der Waals surface area contributed by atoms with Crippen molar-refractivity contribution in [1.29, 1.82) is 0 Å². The van der Waals surface area contributed by atoms with Crippen molar-refractivity contribution in [2.24, 2.45) is 0 Å². The first-order valence-electron chi connectivity index (χ1n) is 9.37. The Kier molecular flexibility index (Phi) is 5.82. The molecule has 0 bridgehead atoms. The van der Waals surface area contributed by atoms with Crippen LogP contribution in [0.3, 0.4) is 0 Å². The highest BCUT2D eigenvalue weighted by Crippen LogP contribution is 2.27. The van der Waals surface area contributed by atoms with Gasteiger partial charge in [-0.3, -0.25) is 4.79 Å². The maximum atomic E-state index is 12.4. The van der Waals surface area contributed by atoms with E-state index >= 15 is 0 Å². The number of aromatic hydroxyl groups is 1. The zero-order chi connectivity index (χ0) is 23.0. The molecular formula is C21H18O11. The largest absolute Gasteiger partial charge is 0.508 e. The van der Waals surface area contributed by atoms with Crippen LogP contribution in [-0.4, -0.2) is 62.2 Å². The van der Waals surface area contributed by atoms with Crippen molar-refractivity contribution >= 4 is 16.9 Å². The fourth-order valence-electron chi connectivity index (χ4n) is 3.19. The summed E-state index contributed by atoms with van der Waals surface area (Å²) in [7, 11) is 0. The van der Waals surface area contributed by atoms with Crippen LogP contribution in [0, 0.1) is 0 Å². The van der Waals surface area contributed by atoms with Crippen molar-refractivity contribution < 1.29 is 49.3 Å². The first kappa shape index (κ1) is 21.7. The molecule has 4 rings (SSSR count). The highest BCUT2D eigenvalue weighted by atomic mass is 17.2. The van der Waals surface area contributed by atoms with Crippen LogP contribution < -0.4 is 10.3 Å². The minimum Gasteiger partial charge on any atom is -0.508 e. The Bertz CT molecular complexity index is 1190. The number of carboxylic acids is 1. The monoisotopic (exact) mass is 446 g/mol. The van der Waals surface area contributed by atoms with Gasteiger partial charge in [0.2, 0.25) is 6.29 Å². The van der Waals surface area contributed by atoms with Gasteiger partial charge in [0.05, 0.1) is 5.39 Å². The van der Waals surface area contributed by atoms with Gasteiger partial charge in [-0.15, -0.1) is 0 Å². The van der Waals surface area contributed by atoms with E-state index in [0.717, 1.165) is 0 Å². The van der Waals surface area contributed by atoms with Crippen LogP contribution in [0.2, 0.25) is 0 Å². The van der Waals surface area contributed by atoms with Gasteiger partial charge in [-0.25, -0.2) is 4.79 Å². The lowest BCUT2D eigenvalue weighted by molar-refractivity contribution is -0.381. The number of ether oxygens (including phenoxy) is 1. The zero-order valence-electron chi connectivity index (χ0n) is 16.2. The molecule has 1 aliphatic heterocycles. The maximum absolute atomic E-state index is 12.4. The summed E-state index contributed by atoms with van der Waals surface area (Å²) in [5.41, 5.74) is 0.371.